The third kappa shape index (κ3) is 4.28. The topological polar surface area (TPSA) is 51.2 Å². The molecule has 7 heteroatoms. The summed E-state index contributed by atoms with van der Waals surface area (Å²) in [6.07, 6.45) is 4.75. The first-order valence-electron chi connectivity index (χ1n) is 6.22. The molecule has 0 amide bonds. The molecule has 1 rings (SSSR count). The highest BCUT2D eigenvalue weighted by Gasteiger charge is 2.35. The molecule has 0 bridgehead atoms. The third-order valence-electron chi connectivity index (χ3n) is 2.36. The molecule has 1 heterocycles. The van der Waals surface area contributed by atoms with E-state index in [1.807, 2.05) is 40.3 Å². The van der Waals surface area contributed by atoms with Gasteiger partial charge in [0.25, 0.3) is 0 Å². The van der Waals surface area contributed by atoms with Crippen LogP contribution in [0.2, 0.25) is 0 Å². The number of nitrogens with zero attached hydrogens (tertiary/aromatic N) is 2. The molecule has 0 N–H and O–H groups in total. The van der Waals surface area contributed by atoms with Crippen molar-refractivity contribution in [1.29, 1.82) is 0 Å². The predicted octanol–water partition coefficient (Wildman–Crippen LogP) is 2.60. The van der Waals surface area contributed by atoms with Crippen LogP contribution in [0.5, 0.6) is 0 Å². The van der Waals surface area contributed by atoms with Crippen LogP contribution in [0.3, 0.4) is 0 Å². The lowest BCUT2D eigenvalue weighted by atomic mass is 10.5. The van der Waals surface area contributed by atoms with Crippen molar-refractivity contribution in [3.8, 4) is 0 Å². The largest absolute Gasteiger partial charge is 0.478 e. The predicted molar refractivity (Wildman–Crippen MR) is 69.6 cm³/mol. The lowest BCUT2D eigenvalue weighted by molar-refractivity contribution is -0.0361. The first-order valence-corrected chi connectivity index (χ1v) is 7.68. The molecule has 0 aromatic heterocycles. The summed E-state index contributed by atoms with van der Waals surface area (Å²) in [5.74, 6) is 0. The fourth-order valence-electron chi connectivity index (χ4n) is 1.41. The van der Waals surface area contributed by atoms with Crippen molar-refractivity contribution in [2.24, 2.45) is 0 Å². The molecule has 0 aromatic carbocycles. The van der Waals surface area contributed by atoms with Crippen molar-refractivity contribution < 1.29 is 18.1 Å². The first kappa shape index (κ1) is 15.5. The van der Waals surface area contributed by atoms with Gasteiger partial charge in [-0.25, -0.2) is 9.09 Å². The van der Waals surface area contributed by atoms with Crippen LogP contribution < -0.4 is 0 Å². The quantitative estimate of drug-likeness (QED) is 0.636. The Morgan fingerprint density at radius 3 is 1.89 bits per heavy atom. The Kier molecular flexibility index (Phi) is 6.15. The van der Waals surface area contributed by atoms with Crippen LogP contribution in [0.25, 0.3) is 0 Å². The summed E-state index contributed by atoms with van der Waals surface area (Å²) in [5, 5.41) is 0. The molecule has 0 unspecified atom stereocenters. The van der Waals surface area contributed by atoms with Crippen LogP contribution in [0, 0.1) is 0 Å². The number of hydrogen-bond acceptors (Lipinski definition) is 6. The van der Waals surface area contributed by atoms with Gasteiger partial charge in [-0.15, -0.1) is 0 Å². The Morgan fingerprint density at radius 2 is 1.50 bits per heavy atom. The van der Waals surface area contributed by atoms with E-state index in [1.54, 1.807) is 9.80 Å². The Hall–Kier alpha value is -0.550. The van der Waals surface area contributed by atoms with E-state index in [2.05, 4.69) is 0 Å². The van der Waals surface area contributed by atoms with Gasteiger partial charge in [0.1, 0.15) is 0 Å². The molecule has 0 spiro atoms. The second kappa shape index (κ2) is 7.14. The van der Waals surface area contributed by atoms with E-state index in [0.717, 1.165) is 12.8 Å². The third-order valence-corrected chi connectivity index (χ3v) is 3.81. The van der Waals surface area contributed by atoms with E-state index < -0.39 is 14.2 Å². The fourth-order valence-corrected chi connectivity index (χ4v) is 2.95. The number of rotatable bonds is 8. The van der Waals surface area contributed by atoms with Crippen molar-refractivity contribution in [3.63, 3.8) is 0 Å². The zero-order chi connectivity index (χ0) is 13.6. The summed E-state index contributed by atoms with van der Waals surface area (Å²) in [7, 11) is 0.184. The maximum Gasteiger partial charge on any atom is 0.478 e. The average molecular weight is 278 g/mol. The van der Waals surface area contributed by atoms with Gasteiger partial charge in [-0.1, -0.05) is 13.8 Å². The van der Waals surface area contributed by atoms with E-state index in [9.17, 15) is 4.57 Å². The van der Waals surface area contributed by atoms with Gasteiger partial charge in [0, 0.05) is 26.5 Å². The summed E-state index contributed by atoms with van der Waals surface area (Å²) in [6.45, 7) is 4.60. The van der Waals surface area contributed by atoms with Crippen LogP contribution in [-0.2, 0) is 18.1 Å². The van der Waals surface area contributed by atoms with E-state index in [-0.39, 0.29) is 0 Å². The molecule has 0 fully saturated rings. The van der Waals surface area contributed by atoms with Gasteiger partial charge in [-0.2, -0.15) is 0 Å². The summed E-state index contributed by atoms with van der Waals surface area (Å²) >= 11 is 0. The zero-order valence-electron chi connectivity index (χ0n) is 11.5. The highest BCUT2D eigenvalue weighted by molar-refractivity contribution is 7.48. The maximum absolute atomic E-state index is 12.4. The van der Waals surface area contributed by atoms with E-state index in [1.165, 1.54) is 0 Å². The smallest absolute Gasteiger partial charge is 0.337 e. The molecule has 0 aromatic rings. The molecule has 1 aliphatic rings. The molecule has 18 heavy (non-hydrogen) atoms. The van der Waals surface area contributed by atoms with Gasteiger partial charge < -0.3 is 9.80 Å². The monoisotopic (exact) mass is 278 g/mol. The van der Waals surface area contributed by atoms with E-state index >= 15 is 0 Å². The molecule has 0 atom stereocenters. The Labute approximate surface area is 109 Å². The maximum atomic E-state index is 12.4. The van der Waals surface area contributed by atoms with Gasteiger partial charge >= 0.3 is 7.82 Å². The highest BCUT2D eigenvalue weighted by Crippen LogP contribution is 2.51. The zero-order valence-corrected chi connectivity index (χ0v) is 12.4. The van der Waals surface area contributed by atoms with E-state index in [0.29, 0.717) is 13.2 Å². The van der Waals surface area contributed by atoms with Crippen molar-refractivity contribution in [1.82, 2.24) is 9.80 Å². The number of hydrogen-bond donors (Lipinski definition) is 0. The molecule has 0 radical (unpaired) electrons. The van der Waals surface area contributed by atoms with Crippen LogP contribution in [0.1, 0.15) is 26.7 Å². The van der Waals surface area contributed by atoms with Crippen LogP contribution >= 0.6 is 7.82 Å². The summed E-state index contributed by atoms with van der Waals surface area (Å²) in [4.78, 5) is 3.61. The minimum atomic E-state index is -3.50. The van der Waals surface area contributed by atoms with E-state index in [4.69, 9.17) is 13.6 Å². The standard InChI is InChI=1S/C11H23N2O4P/c1-5-9-15-18(14,16-10-6-2)17-11-12(3)7-8-13(11)4/h7-8,11H,5-6,9-10H2,1-4H3. The van der Waals surface area contributed by atoms with Crippen LogP contribution in [-0.4, -0.2) is 43.5 Å². The number of phosphoric acid groups is 1. The van der Waals surface area contributed by atoms with Gasteiger partial charge in [-0.05, 0) is 12.8 Å². The Balaban J connectivity index is 2.62. The molecular formula is C11H23N2O4P. The SMILES string of the molecule is CCCOP(=O)(OCCC)OC1N(C)C=CN1C. The lowest BCUT2D eigenvalue weighted by Gasteiger charge is -2.29. The second-order valence-corrected chi connectivity index (χ2v) is 5.80. The van der Waals surface area contributed by atoms with Gasteiger partial charge in [0.05, 0.1) is 13.2 Å². The highest BCUT2D eigenvalue weighted by atomic mass is 31.2. The molecular weight excluding hydrogens is 255 g/mol. The number of phosphoric ester groups is 1. The lowest BCUT2D eigenvalue weighted by Crippen LogP contribution is -2.36. The Morgan fingerprint density at radius 1 is 1.06 bits per heavy atom. The van der Waals surface area contributed by atoms with Crippen LogP contribution in [0.4, 0.5) is 0 Å². The molecule has 0 saturated carbocycles. The van der Waals surface area contributed by atoms with Crippen LogP contribution in [0.15, 0.2) is 12.4 Å². The molecule has 1 aliphatic heterocycles. The Bertz CT molecular complexity index is 300. The van der Waals surface area contributed by atoms with Gasteiger partial charge in [-0.3, -0.25) is 9.05 Å². The molecule has 6 nitrogen and oxygen atoms in total. The van der Waals surface area contributed by atoms with Gasteiger partial charge in [0.15, 0.2) is 0 Å². The normalized spacial score (nSPS) is 16.9. The second-order valence-electron chi connectivity index (χ2n) is 4.17. The first-order chi connectivity index (χ1) is 8.52. The fraction of sp³-hybridized carbons (Fsp3) is 0.818. The van der Waals surface area contributed by atoms with Crippen molar-refractivity contribution in [3.05, 3.63) is 12.4 Å². The molecule has 0 saturated heterocycles. The summed E-state index contributed by atoms with van der Waals surface area (Å²) < 4.78 is 28.5. The summed E-state index contributed by atoms with van der Waals surface area (Å²) in [5.41, 5.74) is 0. The average Bonchev–Trinajstić information content (AvgIpc) is 2.66. The minimum absolute atomic E-state index is 0.356. The minimum Gasteiger partial charge on any atom is -0.337 e. The van der Waals surface area contributed by atoms with Crippen molar-refractivity contribution >= 4 is 7.82 Å². The summed E-state index contributed by atoms with van der Waals surface area (Å²) in [6, 6.07) is 0. The molecule has 0 aliphatic carbocycles. The molecule has 106 valence electrons. The van der Waals surface area contributed by atoms with Gasteiger partial charge in [0.2, 0.25) is 6.35 Å². The van der Waals surface area contributed by atoms with Crippen molar-refractivity contribution in [2.75, 3.05) is 27.3 Å². The van der Waals surface area contributed by atoms with Crippen molar-refractivity contribution in [2.45, 2.75) is 33.0 Å².